The summed E-state index contributed by atoms with van der Waals surface area (Å²) >= 11 is 0. The summed E-state index contributed by atoms with van der Waals surface area (Å²) in [5.74, 6) is 1.42. The van der Waals surface area contributed by atoms with Gasteiger partial charge in [0.1, 0.15) is 0 Å². The SMILES string of the molecule is CCCOC1CCCN(C(=O)Nc2ccc3c(c2)OCCCO3)C1. The van der Waals surface area contributed by atoms with Crippen molar-refractivity contribution in [2.45, 2.75) is 38.7 Å². The van der Waals surface area contributed by atoms with Crippen molar-refractivity contribution in [2.75, 3.05) is 38.2 Å². The molecule has 1 fully saturated rings. The van der Waals surface area contributed by atoms with Crippen molar-refractivity contribution < 1.29 is 19.0 Å². The summed E-state index contributed by atoms with van der Waals surface area (Å²) in [6, 6.07) is 5.43. The number of nitrogens with one attached hydrogen (secondary N) is 1. The van der Waals surface area contributed by atoms with Gasteiger partial charge in [0.25, 0.3) is 0 Å². The van der Waals surface area contributed by atoms with Crippen LogP contribution < -0.4 is 14.8 Å². The quantitative estimate of drug-likeness (QED) is 0.918. The van der Waals surface area contributed by atoms with Crippen LogP contribution in [0.3, 0.4) is 0 Å². The Kier molecular flexibility index (Phi) is 5.80. The van der Waals surface area contributed by atoms with Gasteiger partial charge in [0.05, 0.1) is 19.3 Å². The number of nitrogens with zero attached hydrogens (tertiary/aromatic N) is 1. The summed E-state index contributed by atoms with van der Waals surface area (Å²) in [4.78, 5) is 14.3. The van der Waals surface area contributed by atoms with Crippen molar-refractivity contribution in [3.05, 3.63) is 18.2 Å². The molecule has 0 radical (unpaired) electrons. The molecule has 6 nitrogen and oxygen atoms in total. The van der Waals surface area contributed by atoms with Gasteiger partial charge in [-0.1, -0.05) is 6.92 Å². The molecular weight excluding hydrogens is 308 g/mol. The van der Waals surface area contributed by atoms with Gasteiger partial charge < -0.3 is 24.4 Å². The minimum Gasteiger partial charge on any atom is -0.490 e. The molecule has 0 bridgehead atoms. The van der Waals surface area contributed by atoms with Crippen molar-refractivity contribution in [1.82, 2.24) is 4.90 Å². The number of urea groups is 1. The number of piperidine rings is 1. The fourth-order valence-electron chi connectivity index (χ4n) is 2.99. The first-order valence-electron chi connectivity index (χ1n) is 8.83. The van der Waals surface area contributed by atoms with Gasteiger partial charge in [-0.2, -0.15) is 0 Å². The standard InChI is InChI=1S/C18H26N2O4/c1-2-9-22-15-5-3-8-20(13-15)18(21)19-14-6-7-16-17(12-14)24-11-4-10-23-16/h6-7,12,15H,2-5,8-11,13H2,1H3,(H,19,21). The molecule has 2 aliphatic heterocycles. The molecule has 24 heavy (non-hydrogen) atoms. The van der Waals surface area contributed by atoms with Crippen LogP contribution in [0.15, 0.2) is 18.2 Å². The third kappa shape index (κ3) is 4.32. The Labute approximate surface area is 143 Å². The average Bonchev–Trinajstić information content (AvgIpc) is 2.85. The molecular formula is C18H26N2O4. The highest BCUT2D eigenvalue weighted by molar-refractivity contribution is 5.89. The minimum atomic E-state index is -0.0886. The third-order valence-corrected chi connectivity index (χ3v) is 4.22. The number of carbonyl (C=O) groups is 1. The van der Waals surface area contributed by atoms with E-state index in [0.717, 1.165) is 50.3 Å². The molecule has 1 saturated heterocycles. The van der Waals surface area contributed by atoms with Crippen LogP contribution in [0.1, 0.15) is 32.6 Å². The zero-order valence-electron chi connectivity index (χ0n) is 14.3. The van der Waals surface area contributed by atoms with Gasteiger partial charge in [-0.15, -0.1) is 0 Å². The highest BCUT2D eigenvalue weighted by atomic mass is 16.5. The fraction of sp³-hybridized carbons (Fsp3) is 0.611. The number of anilines is 1. The van der Waals surface area contributed by atoms with Gasteiger partial charge in [0, 0.05) is 37.9 Å². The molecule has 2 amide bonds. The van der Waals surface area contributed by atoms with Crippen molar-refractivity contribution >= 4 is 11.7 Å². The summed E-state index contributed by atoms with van der Waals surface area (Å²) in [5, 5.41) is 2.95. The van der Waals surface area contributed by atoms with E-state index in [1.54, 1.807) is 0 Å². The molecule has 2 heterocycles. The second-order valence-electron chi connectivity index (χ2n) is 6.22. The number of carbonyl (C=O) groups excluding carboxylic acids is 1. The summed E-state index contributed by atoms with van der Waals surface area (Å²) in [5.41, 5.74) is 0.723. The van der Waals surface area contributed by atoms with Gasteiger partial charge in [-0.3, -0.25) is 0 Å². The van der Waals surface area contributed by atoms with E-state index in [-0.39, 0.29) is 12.1 Å². The Hall–Kier alpha value is -1.95. The maximum atomic E-state index is 12.5. The van der Waals surface area contributed by atoms with E-state index in [4.69, 9.17) is 14.2 Å². The Morgan fingerprint density at radius 1 is 1.29 bits per heavy atom. The smallest absolute Gasteiger partial charge is 0.321 e. The van der Waals surface area contributed by atoms with E-state index in [1.165, 1.54) is 0 Å². The Morgan fingerprint density at radius 3 is 2.96 bits per heavy atom. The summed E-state index contributed by atoms with van der Waals surface area (Å²) in [6.07, 6.45) is 4.01. The van der Waals surface area contributed by atoms with Crippen LogP contribution in [0.5, 0.6) is 11.5 Å². The Balaban J connectivity index is 1.59. The van der Waals surface area contributed by atoms with Crippen molar-refractivity contribution in [2.24, 2.45) is 0 Å². The van der Waals surface area contributed by atoms with E-state index in [9.17, 15) is 4.79 Å². The van der Waals surface area contributed by atoms with E-state index >= 15 is 0 Å². The number of hydrogen-bond acceptors (Lipinski definition) is 4. The van der Waals surface area contributed by atoms with Crippen molar-refractivity contribution in [3.8, 4) is 11.5 Å². The molecule has 132 valence electrons. The zero-order chi connectivity index (χ0) is 16.8. The molecule has 1 aromatic rings. The molecule has 1 N–H and O–H groups in total. The Morgan fingerprint density at radius 2 is 2.12 bits per heavy atom. The first kappa shape index (κ1) is 16.9. The van der Waals surface area contributed by atoms with E-state index < -0.39 is 0 Å². The lowest BCUT2D eigenvalue weighted by Crippen LogP contribution is -2.45. The predicted molar refractivity (Wildman–Crippen MR) is 91.9 cm³/mol. The average molecular weight is 334 g/mol. The Bertz CT molecular complexity index is 564. The molecule has 3 rings (SSSR count). The van der Waals surface area contributed by atoms with Gasteiger partial charge >= 0.3 is 6.03 Å². The van der Waals surface area contributed by atoms with Crippen molar-refractivity contribution in [1.29, 1.82) is 0 Å². The minimum absolute atomic E-state index is 0.0886. The van der Waals surface area contributed by atoms with Crippen LogP contribution in [0.4, 0.5) is 10.5 Å². The largest absolute Gasteiger partial charge is 0.490 e. The van der Waals surface area contributed by atoms with Crippen LogP contribution in [-0.2, 0) is 4.74 Å². The summed E-state index contributed by atoms with van der Waals surface area (Å²) in [6.45, 7) is 5.55. The highest BCUT2D eigenvalue weighted by Crippen LogP contribution is 2.32. The fourth-order valence-corrected chi connectivity index (χ4v) is 2.99. The summed E-state index contributed by atoms with van der Waals surface area (Å²) < 4.78 is 17.1. The lowest BCUT2D eigenvalue weighted by Gasteiger charge is -2.32. The number of likely N-dealkylation sites (tertiary alicyclic amines) is 1. The van der Waals surface area contributed by atoms with Gasteiger partial charge in [0.15, 0.2) is 11.5 Å². The molecule has 2 aliphatic rings. The molecule has 0 aromatic heterocycles. The maximum absolute atomic E-state index is 12.5. The highest BCUT2D eigenvalue weighted by Gasteiger charge is 2.24. The van der Waals surface area contributed by atoms with Gasteiger partial charge in [-0.25, -0.2) is 4.79 Å². The van der Waals surface area contributed by atoms with Crippen LogP contribution in [0.2, 0.25) is 0 Å². The number of hydrogen-bond donors (Lipinski definition) is 1. The van der Waals surface area contributed by atoms with Crippen LogP contribution >= 0.6 is 0 Å². The normalized spacial score (nSPS) is 20.4. The molecule has 1 unspecified atom stereocenters. The summed E-state index contributed by atoms with van der Waals surface area (Å²) in [7, 11) is 0. The van der Waals surface area contributed by atoms with Crippen molar-refractivity contribution in [3.63, 3.8) is 0 Å². The van der Waals surface area contributed by atoms with E-state index in [0.29, 0.717) is 25.5 Å². The number of amides is 2. The monoisotopic (exact) mass is 334 g/mol. The first-order chi connectivity index (χ1) is 11.8. The second kappa shape index (κ2) is 8.24. The number of fused-ring (bicyclic) bond motifs is 1. The molecule has 1 aromatic carbocycles. The van der Waals surface area contributed by atoms with Crippen LogP contribution in [0.25, 0.3) is 0 Å². The first-order valence-corrected chi connectivity index (χ1v) is 8.83. The molecule has 0 saturated carbocycles. The third-order valence-electron chi connectivity index (χ3n) is 4.22. The second-order valence-corrected chi connectivity index (χ2v) is 6.22. The lowest BCUT2D eigenvalue weighted by atomic mass is 10.1. The maximum Gasteiger partial charge on any atom is 0.321 e. The lowest BCUT2D eigenvalue weighted by molar-refractivity contribution is 0.0115. The number of ether oxygens (including phenoxy) is 3. The topological polar surface area (TPSA) is 60.0 Å². The molecule has 0 spiro atoms. The molecule has 1 atom stereocenters. The molecule has 0 aliphatic carbocycles. The number of benzene rings is 1. The van der Waals surface area contributed by atoms with Gasteiger partial charge in [0.2, 0.25) is 0 Å². The van der Waals surface area contributed by atoms with Gasteiger partial charge in [-0.05, 0) is 31.4 Å². The predicted octanol–water partition coefficient (Wildman–Crippen LogP) is 3.27. The zero-order valence-corrected chi connectivity index (χ0v) is 14.3. The molecule has 6 heteroatoms. The van der Waals surface area contributed by atoms with E-state index in [2.05, 4.69) is 12.2 Å². The van der Waals surface area contributed by atoms with E-state index in [1.807, 2.05) is 23.1 Å². The van der Waals surface area contributed by atoms with Crippen LogP contribution in [0, 0.1) is 0 Å². The van der Waals surface area contributed by atoms with Crippen LogP contribution in [-0.4, -0.2) is 49.9 Å². The number of rotatable bonds is 4.